The van der Waals surface area contributed by atoms with Crippen LogP contribution in [-0.4, -0.2) is 16.4 Å². The van der Waals surface area contributed by atoms with Crippen molar-refractivity contribution < 1.29 is 9.66 Å². The number of non-ortho nitro benzene ring substituents is 1. The molecular weight excluding hydrogens is 280 g/mol. The Hall–Kier alpha value is -2.66. The second-order valence-electron chi connectivity index (χ2n) is 5.22. The van der Waals surface area contributed by atoms with Crippen LogP contribution >= 0.6 is 0 Å². The molecule has 0 radical (unpaired) electrons. The maximum atomic E-state index is 11.0. The van der Waals surface area contributed by atoms with Crippen LogP contribution in [0.1, 0.15) is 11.1 Å². The zero-order valence-corrected chi connectivity index (χ0v) is 12.1. The Morgan fingerprint density at radius 2 is 1.91 bits per heavy atom. The number of nitrogens with zero attached hydrogens (tertiary/aromatic N) is 2. The van der Waals surface area contributed by atoms with Gasteiger partial charge in [0, 0.05) is 42.9 Å². The summed E-state index contributed by atoms with van der Waals surface area (Å²) in [5.74, 6) is 1.44. The lowest BCUT2D eigenvalue weighted by Gasteiger charge is -2.26. The number of hydrogen-bond acceptors (Lipinski definition) is 4. The van der Waals surface area contributed by atoms with Crippen molar-refractivity contribution in [1.29, 1.82) is 0 Å². The number of benzene rings is 2. The Labute approximate surface area is 128 Å². The Bertz CT molecular complexity index is 728. The van der Waals surface area contributed by atoms with Crippen LogP contribution in [0.4, 0.5) is 5.69 Å². The monoisotopic (exact) mass is 296 g/mol. The fourth-order valence-corrected chi connectivity index (χ4v) is 2.60. The molecule has 5 nitrogen and oxygen atoms in total. The van der Waals surface area contributed by atoms with E-state index in [1.54, 1.807) is 12.1 Å². The van der Waals surface area contributed by atoms with Gasteiger partial charge in [-0.1, -0.05) is 24.3 Å². The van der Waals surface area contributed by atoms with Crippen molar-refractivity contribution in [3.63, 3.8) is 0 Å². The lowest BCUT2D eigenvalue weighted by atomic mass is 10.1. The van der Waals surface area contributed by atoms with Crippen LogP contribution in [0.2, 0.25) is 0 Å². The van der Waals surface area contributed by atoms with Gasteiger partial charge in [-0.15, -0.1) is 6.58 Å². The van der Waals surface area contributed by atoms with E-state index in [4.69, 9.17) is 4.74 Å². The third-order valence-electron chi connectivity index (χ3n) is 3.62. The topological polar surface area (TPSA) is 55.6 Å². The van der Waals surface area contributed by atoms with Crippen LogP contribution in [0.3, 0.4) is 0 Å². The third-order valence-corrected chi connectivity index (χ3v) is 3.62. The van der Waals surface area contributed by atoms with Gasteiger partial charge in [-0.25, -0.2) is 0 Å². The summed E-state index contributed by atoms with van der Waals surface area (Å²) in [5.41, 5.74) is 1.98. The molecule has 112 valence electrons. The molecule has 0 spiro atoms. The van der Waals surface area contributed by atoms with E-state index >= 15 is 0 Å². The van der Waals surface area contributed by atoms with Gasteiger partial charge in [0.1, 0.15) is 11.5 Å². The van der Waals surface area contributed by atoms with Crippen molar-refractivity contribution in [3.8, 4) is 11.5 Å². The number of hydrogen-bond donors (Lipinski definition) is 0. The number of para-hydroxylation sites is 1. The molecule has 1 aliphatic heterocycles. The van der Waals surface area contributed by atoms with Gasteiger partial charge >= 0.3 is 0 Å². The van der Waals surface area contributed by atoms with Gasteiger partial charge in [0.2, 0.25) is 0 Å². The largest absolute Gasteiger partial charge is 0.457 e. The standard InChI is InChI=1S/C17H16N2O3/c1-2-9-18-11-13-5-3-4-6-16(13)22-17-8-7-15(19(20)21)10-14(17)12-18/h2-8,10H,1,9,11-12H2. The molecule has 1 heterocycles. The summed E-state index contributed by atoms with van der Waals surface area (Å²) < 4.78 is 5.97. The van der Waals surface area contributed by atoms with Crippen molar-refractivity contribution in [1.82, 2.24) is 4.90 Å². The zero-order valence-electron chi connectivity index (χ0n) is 12.1. The summed E-state index contributed by atoms with van der Waals surface area (Å²) in [6, 6.07) is 12.6. The molecule has 0 bridgehead atoms. The summed E-state index contributed by atoms with van der Waals surface area (Å²) in [7, 11) is 0. The quantitative estimate of drug-likeness (QED) is 0.490. The lowest BCUT2D eigenvalue weighted by Crippen LogP contribution is -2.24. The number of nitro groups is 1. The van der Waals surface area contributed by atoms with Crippen molar-refractivity contribution in [2.75, 3.05) is 6.54 Å². The number of nitro benzene ring substituents is 1. The predicted octanol–water partition coefficient (Wildman–Crippen LogP) is 3.89. The first-order valence-electron chi connectivity index (χ1n) is 7.03. The average molecular weight is 296 g/mol. The molecule has 2 aromatic carbocycles. The van der Waals surface area contributed by atoms with E-state index in [1.165, 1.54) is 6.07 Å². The summed E-state index contributed by atoms with van der Waals surface area (Å²) in [6.45, 7) is 5.78. The van der Waals surface area contributed by atoms with E-state index in [-0.39, 0.29) is 10.6 Å². The van der Waals surface area contributed by atoms with Gasteiger partial charge in [0.25, 0.3) is 5.69 Å². The van der Waals surface area contributed by atoms with E-state index in [0.717, 1.165) is 16.9 Å². The number of rotatable bonds is 3. The summed E-state index contributed by atoms with van der Waals surface area (Å²) in [6.07, 6.45) is 1.84. The first-order valence-corrected chi connectivity index (χ1v) is 7.03. The molecular formula is C17H16N2O3. The highest BCUT2D eigenvalue weighted by atomic mass is 16.6. The number of fused-ring (bicyclic) bond motifs is 2. The summed E-state index contributed by atoms with van der Waals surface area (Å²) >= 11 is 0. The molecule has 2 aromatic rings. The molecule has 0 saturated carbocycles. The van der Waals surface area contributed by atoms with E-state index < -0.39 is 0 Å². The van der Waals surface area contributed by atoms with Crippen molar-refractivity contribution >= 4 is 5.69 Å². The molecule has 0 atom stereocenters. The molecule has 22 heavy (non-hydrogen) atoms. The first kappa shape index (κ1) is 14.3. The highest BCUT2D eigenvalue weighted by molar-refractivity contribution is 5.47. The van der Waals surface area contributed by atoms with Crippen LogP contribution < -0.4 is 4.74 Å². The van der Waals surface area contributed by atoms with Gasteiger partial charge in [0.05, 0.1) is 4.92 Å². The Kier molecular flexibility index (Phi) is 3.89. The van der Waals surface area contributed by atoms with Crippen LogP contribution in [-0.2, 0) is 13.1 Å². The highest BCUT2D eigenvalue weighted by Crippen LogP contribution is 2.34. The average Bonchev–Trinajstić information content (AvgIpc) is 2.48. The van der Waals surface area contributed by atoms with Gasteiger partial charge in [-0.2, -0.15) is 0 Å². The van der Waals surface area contributed by atoms with E-state index in [0.29, 0.717) is 25.4 Å². The van der Waals surface area contributed by atoms with Gasteiger partial charge in [-0.05, 0) is 12.1 Å². The van der Waals surface area contributed by atoms with Crippen LogP contribution in [0.5, 0.6) is 11.5 Å². The molecule has 3 rings (SSSR count). The second kappa shape index (κ2) is 5.99. The van der Waals surface area contributed by atoms with Crippen molar-refractivity contribution in [2.45, 2.75) is 13.1 Å². The Morgan fingerprint density at radius 3 is 2.68 bits per heavy atom. The van der Waals surface area contributed by atoms with Crippen LogP contribution in [0, 0.1) is 10.1 Å². The van der Waals surface area contributed by atoms with E-state index in [1.807, 2.05) is 30.3 Å². The lowest BCUT2D eigenvalue weighted by molar-refractivity contribution is -0.384. The molecule has 0 aromatic heterocycles. The fraction of sp³-hybridized carbons (Fsp3) is 0.176. The highest BCUT2D eigenvalue weighted by Gasteiger charge is 2.19. The van der Waals surface area contributed by atoms with Crippen LogP contribution in [0.15, 0.2) is 55.1 Å². The Morgan fingerprint density at radius 1 is 1.18 bits per heavy atom. The maximum Gasteiger partial charge on any atom is 0.270 e. The van der Waals surface area contributed by atoms with Crippen molar-refractivity contribution in [3.05, 3.63) is 76.4 Å². The fourth-order valence-electron chi connectivity index (χ4n) is 2.60. The minimum Gasteiger partial charge on any atom is -0.457 e. The Balaban J connectivity index is 2.06. The van der Waals surface area contributed by atoms with E-state index in [2.05, 4.69) is 11.5 Å². The SMILES string of the molecule is C=CCN1Cc2ccccc2Oc2ccc([N+](=O)[O-])cc2C1. The molecule has 0 N–H and O–H groups in total. The molecule has 0 saturated heterocycles. The minimum atomic E-state index is -0.384. The third kappa shape index (κ3) is 2.84. The first-order chi connectivity index (χ1) is 10.7. The van der Waals surface area contributed by atoms with Crippen molar-refractivity contribution in [2.24, 2.45) is 0 Å². The zero-order chi connectivity index (χ0) is 15.5. The number of ether oxygens (including phenoxy) is 1. The normalized spacial score (nSPS) is 14.0. The van der Waals surface area contributed by atoms with Crippen LogP contribution in [0.25, 0.3) is 0 Å². The van der Waals surface area contributed by atoms with Gasteiger partial charge < -0.3 is 4.74 Å². The minimum absolute atomic E-state index is 0.0785. The molecule has 5 heteroatoms. The molecule has 0 fully saturated rings. The second-order valence-corrected chi connectivity index (χ2v) is 5.22. The molecule has 0 unspecified atom stereocenters. The summed E-state index contributed by atoms with van der Waals surface area (Å²) in [4.78, 5) is 12.8. The molecule has 1 aliphatic rings. The van der Waals surface area contributed by atoms with E-state index in [9.17, 15) is 10.1 Å². The van der Waals surface area contributed by atoms with Gasteiger partial charge in [0.15, 0.2) is 0 Å². The summed E-state index contributed by atoms with van der Waals surface area (Å²) in [5, 5.41) is 11.0. The molecule has 0 amide bonds. The molecule has 0 aliphatic carbocycles. The van der Waals surface area contributed by atoms with Gasteiger partial charge in [-0.3, -0.25) is 15.0 Å². The maximum absolute atomic E-state index is 11.0. The smallest absolute Gasteiger partial charge is 0.270 e. The predicted molar refractivity (Wildman–Crippen MR) is 83.9 cm³/mol.